The lowest BCUT2D eigenvalue weighted by Crippen LogP contribution is -2.21. The third-order valence-corrected chi connectivity index (χ3v) is 2.46. The summed E-state index contributed by atoms with van der Waals surface area (Å²) in [4.78, 5) is 0. The summed E-state index contributed by atoms with van der Waals surface area (Å²) in [5, 5.41) is 3.36. The Kier molecular flexibility index (Phi) is 6.54. The van der Waals surface area contributed by atoms with Crippen molar-refractivity contribution in [3.63, 3.8) is 0 Å². The van der Waals surface area contributed by atoms with Crippen molar-refractivity contribution in [2.45, 2.75) is 13.3 Å². The summed E-state index contributed by atoms with van der Waals surface area (Å²) >= 11 is 0. The largest absolute Gasteiger partial charge is 0.383 e. The minimum Gasteiger partial charge on any atom is -0.383 e. The number of methoxy groups -OCH3 is 1. The van der Waals surface area contributed by atoms with E-state index in [-0.39, 0.29) is 0 Å². The van der Waals surface area contributed by atoms with Crippen LogP contribution in [0, 0.1) is 0 Å². The summed E-state index contributed by atoms with van der Waals surface area (Å²) in [6.07, 6.45) is 3.33. The predicted molar refractivity (Wildman–Crippen MR) is 69.5 cm³/mol. The molecule has 0 aliphatic carbocycles. The van der Waals surface area contributed by atoms with Gasteiger partial charge in [-0.25, -0.2) is 0 Å². The zero-order valence-corrected chi connectivity index (χ0v) is 10.2. The minimum absolute atomic E-state index is 0.766. The highest BCUT2D eigenvalue weighted by Gasteiger charge is 1.95. The lowest BCUT2D eigenvalue weighted by Gasteiger charge is -2.07. The van der Waals surface area contributed by atoms with Crippen molar-refractivity contribution in [1.29, 1.82) is 0 Å². The molecule has 88 valence electrons. The fourth-order valence-electron chi connectivity index (χ4n) is 1.49. The van der Waals surface area contributed by atoms with E-state index in [9.17, 15) is 0 Å². The van der Waals surface area contributed by atoms with Gasteiger partial charge in [0.05, 0.1) is 6.61 Å². The van der Waals surface area contributed by atoms with Crippen LogP contribution in [0.1, 0.15) is 18.9 Å². The second-order valence-electron chi connectivity index (χ2n) is 3.74. The van der Waals surface area contributed by atoms with Crippen molar-refractivity contribution in [2.24, 2.45) is 0 Å². The first-order valence-electron chi connectivity index (χ1n) is 5.81. The molecule has 0 saturated heterocycles. The van der Waals surface area contributed by atoms with Crippen molar-refractivity contribution < 1.29 is 4.74 Å². The number of ether oxygens (including phenoxy) is 1. The maximum absolute atomic E-state index is 4.99. The predicted octanol–water partition coefficient (Wildman–Crippen LogP) is 2.72. The number of benzene rings is 1. The van der Waals surface area contributed by atoms with Gasteiger partial charge in [-0.3, -0.25) is 0 Å². The van der Waals surface area contributed by atoms with Gasteiger partial charge in [0.2, 0.25) is 0 Å². The summed E-state index contributed by atoms with van der Waals surface area (Å²) in [6, 6.07) is 10.4. The average molecular weight is 219 g/mol. The topological polar surface area (TPSA) is 21.3 Å². The highest BCUT2D eigenvalue weighted by Crippen LogP contribution is 2.08. The molecule has 1 aromatic carbocycles. The van der Waals surface area contributed by atoms with Crippen molar-refractivity contribution in [1.82, 2.24) is 5.32 Å². The number of rotatable bonds is 7. The van der Waals surface area contributed by atoms with Crippen molar-refractivity contribution >= 4 is 6.08 Å². The Morgan fingerprint density at radius 2 is 2.06 bits per heavy atom. The quantitative estimate of drug-likeness (QED) is 0.712. The lowest BCUT2D eigenvalue weighted by molar-refractivity contribution is 0.200. The van der Waals surface area contributed by atoms with Crippen LogP contribution in [0.15, 0.2) is 35.9 Å². The van der Waals surface area contributed by atoms with Gasteiger partial charge in [0.25, 0.3) is 0 Å². The van der Waals surface area contributed by atoms with Crippen LogP contribution < -0.4 is 5.32 Å². The van der Waals surface area contributed by atoms with Gasteiger partial charge in [-0.05, 0) is 12.0 Å². The SMILES string of the molecule is CCC(=Cc1ccccc1)CNCCOC. The molecule has 0 bridgehead atoms. The summed E-state index contributed by atoms with van der Waals surface area (Å²) < 4.78 is 4.99. The van der Waals surface area contributed by atoms with Gasteiger partial charge >= 0.3 is 0 Å². The van der Waals surface area contributed by atoms with Crippen LogP contribution in [0.4, 0.5) is 0 Å². The molecule has 1 rings (SSSR count). The molecular weight excluding hydrogens is 198 g/mol. The highest BCUT2D eigenvalue weighted by atomic mass is 16.5. The first-order valence-corrected chi connectivity index (χ1v) is 5.81. The third-order valence-electron chi connectivity index (χ3n) is 2.46. The first-order chi connectivity index (χ1) is 7.86. The Morgan fingerprint density at radius 3 is 2.69 bits per heavy atom. The molecule has 2 nitrogen and oxygen atoms in total. The maximum Gasteiger partial charge on any atom is 0.0587 e. The van der Waals surface area contributed by atoms with E-state index >= 15 is 0 Å². The molecule has 16 heavy (non-hydrogen) atoms. The van der Waals surface area contributed by atoms with Crippen LogP contribution in [0.5, 0.6) is 0 Å². The van der Waals surface area contributed by atoms with Crippen molar-refractivity contribution in [3.05, 3.63) is 41.5 Å². The summed E-state index contributed by atoms with van der Waals surface area (Å²) in [5.41, 5.74) is 2.69. The van der Waals surface area contributed by atoms with Gasteiger partial charge in [-0.2, -0.15) is 0 Å². The van der Waals surface area contributed by atoms with E-state index in [1.54, 1.807) is 7.11 Å². The fourth-order valence-corrected chi connectivity index (χ4v) is 1.49. The van der Waals surface area contributed by atoms with Gasteiger partial charge in [0.1, 0.15) is 0 Å². The molecule has 0 atom stereocenters. The number of hydrogen-bond acceptors (Lipinski definition) is 2. The molecule has 0 unspecified atom stereocenters. The third kappa shape index (κ3) is 5.10. The van der Waals surface area contributed by atoms with Crippen LogP contribution in [-0.2, 0) is 4.74 Å². The molecular formula is C14H21NO. The molecule has 0 amide bonds. The molecule has 0 aliphatic rings. The molecule has 0 spiro atoms. The van der Waals surface area contributed by atoms with Crippen LogP contribution in [-0.4, -0.2) is 26.8 Å². The molecule has 1 N–H and O–H groups in total. The zero-order chi connectivity index (χ0) is 11.6. The van der Waals surface area contributed by atoms with Crippen LogP contribution in [0.3, 0.4) is 0 Å². The molecule has 0 aromatic heterocycles. The fraction of sp³-hybridized carbons (Fsp3) is 0.429. The molecule has 0 fully saturated rings. The molecule has 2 heteroatoms. The van der Waals surface area contributed by atoms with Gasteiger partial charge in [-0.1, -0.05) is 48.9 Å². The van der Waals surface area contributed by atoms with E-state index in [4.69, 9.17) is 4.74 Å². The monoisotopic (exact) mass is 219 g/mol. The smallest absolute Gasteiger partial charge is 0.0587 e. The van der Waals surface area contributed by atoms with Gasteiger partial charge in [0, 0.05) is 20.2 Å². The Hall–Kier alpha value is -1.12. The summed E-state index contributed by atoms with van der Waals surface area (Å²) in [7, 11) is 1.72. The first kappa shape index (κ1) is 12.9. The highest BCUT2D eigenvalue weighted by molar-refractivity contribution is 5.52. The van der Waals surface area contributed by atoms with Crippen molar-refractivity contribution in [3.8, 4) is 0 Å². The van der Waals surface area contributed by atoms with E-state index < -0.39 is 0 Å². The van der Waals surface area contributed by atoms with Gasteiger partial charge in [-0.15, -0.1) is 0 Å². The molecule has 0 aliphatic heterocycles. The van der Waals surface area contributed by atoms with Gasteiger partial charge < -0.3 is 10.1 Å². The second-order valence-corrected chi connectivity index (χ2v) is 3.74. The van der Waals surface area contributed by atoms with Crippen LogP contribution in [0.25, 0.3) is 6.08 Å². The lowest BCUT2D eigenvalue weighted by atomic mass is 10.1. The molecule has 0 radical (unpaired) electrons. The Labute approximate surface area is 98.3 Å². The zero-order valence-electron chi connectivity index (χ0n) is 10.2. The Morgan fingerprint density at radius 1 is 1.31 bits per heavy atom. The average Bonchev–Trinajstić information content (AvgIpc) is 2.34. The van der Waals surface area contributed by atoms with Crippen LogP contribution >= 0.6 is 0 Å². The summed E-state index contributed by atoms with van der Waals surface area (Å²) in [5.74, 6) is 0. The molecule has 0 heterocycles. The number of nitrogens with one attached hydrogen (secondary N) is 1. The summed E-state index contributed by atoms with van der Waals surface area (Å²) in [6.45, 7) is 4.80. The number of hydrogen-bond donors (Lipinski definition) is 1. The van der Waals surface area contributed by atoms with E-state index in [1.807, 2.05) is 6.07 Å². The molecule has 0 saturated carbocycles. The maximum atomic E-state index is 4.99. The Bertz CT molecular complexity index is 306. The van der Waals surface area contributed by atoms with Crippen molar-refractivity contribution in [2.75, 3.05) is 26.8 Å². The standard InChI is InChI=1S/C14H21NO/c1-3-13(12-15-9-10-16-2)11-14-7-5-4-6-8-14/h4-8,11,15H,3,9-10,12H2,1-2H3. The molecule has 1 aromatic rings. The van der Waals surface area contributed by atoms with E-state index in [1.165, 1.54) is 11.1 Å². The van der Waals surface area contributed by atoms with E-state index in [2.05, 4.69) is 42.6 Å². The Balaban J connectivity index is 2.44. The second kappa shape index (κ2) is 8.08. The van der Waals surface area contributed by atoms with Crippen LogP contribution in [0.2, 0.25) is 0 Å². The normalized spacial score (nSPS) is 11.8. The minimum atomic E-state index is 0.766. The van der Waals surface area contributed by atoms with E-state index in [0.29, 0.717) is 0 Å². The van der Waals surface area contributed by atoms with Gasteiger partial charge in [0.15, 0.2) is 0 Å². The van der Waals surface area contributed by atoms with E-state index in [0.717, 1.165) is 26.1 Å².